The van der Waals surface area contributed by atoms with E-state index in [0.717, 1.165) is 6.07 Å². The molecule has 0 saturated carbocycles. The Morgan fingerprint density at radius 3 is 2.53 bits per heavy atom. The molecule has 0 radical (unpaired) electrons. The van der Waals surface area contributed by atoms with E-state index < -0.39 is 17.6 Å². The van der Waals surface area contributed by atoms with Gasteiger partial charge < -0.3 is 9.47 Å². The number of halogens is 1. The standard InChI is InChI=1S/C12H13FO4/c1-4-17-12(15)10(14)9-6-8(13)5-7(2)11(9)16-3/h5-6H,4H2,1-3H3. The highest BCUT2D eigenvalue weighted by Crippen LogP contribution is 2.25. The van der Waals surface area contributed by atoms with E-state index in [1.807, 2.05) is 0 Å². The Bertz CT molecular complexity index is 454. The van der Waals surface area contributed by atoms with Gasteiger partial charge in [0.15, 0.2) is 0 Å². The summed E-state index contributed by atoms with van der Waals surface area (Å²) < 4.78 is 22.8. The van der Waals surface area contributed by atoms with E-state index in [2.05, 4.69) is 4.74 Å². The molecule has 0 aliphatic heterocycles. The number of ketones is 1. The summed E-state index contributed by atoms with van der Waals surface area (Å²) in [6, 6.07) is 2.19. The van der Waals surface area contributed by atoms with Crippen molar-refractivity contribution in [3.05, 3.63) is 29.1 Å². The van der Waals surface area contributed by atoms with Crippen LogP contribution in [0.25, 0.3) is 0 Å². The zero-order valence-electron chi connectivity index (χ0n) is 9.87. The maximum Gasteiger partial charge on any atom is 0.379 e. The second kappa shape index (κ2) is 5.43. The van der Waals surface area contributed by atoms with E-state index in [1.54, 1.807) is 13.8 Å². The van der Waals surface area contributed by atoms with Gasteiger partial charge in [-0.15, -0.1) is 0 Å². The smallest absolute Gasteiger partial charge is 0.379 e. The number of Topliss-reactive ketones (excluding diaryl/α,β-unsaturated/α-hetero) is 1. The van der Waals surface area contributed by atoms with Crippen LogP contribution in [-0.4, -0.2) is 25.5 Å². The zero-order chi connectivity index (χ0) is 13.0. The summed E-state index contributed by atoms with van der Waals surface area (Å²) in [6.45, 7) is 3.25. The van der Waals surface area contributed by atoms with Crippen molar-refractivity contribution in [1.82, 2.24) is 0 Å². The third-order valence-corrected chi connectivity index (χ3v) is 2.15. The maximum absolute atomic E-state index is 13.2. The van der Waals surface area contributed by atoms with Crippen molar-refractivity contribution in [2.45, 2.75) is 13.8 Å². The summed E-state index contributed by atoms with van der Waals surface area (Å²) in [6.07, 6.45) is 0. The summed E-state index contributed by atoms with van der Waals surface area (Å²) in [7, 11) is 1.35. The third kappa shape index (κ3) is 2.81. The number of benzene rings is 1. The average molecular weight is 240 g/mol. The van der Waals surface area contributed by atoms with E-state index in [0.29, 0.717) is 5.56 Å². The van der Waals surface area contributed by atoms with Crippen molar-refractivity contribution in [2.24, 2.45) is 0 Å². The Kier molecular flexibility index (Phi) is 4.20. The van der Waals surface area contributed by atoms with Gasteiger partial charge in [-0.2, -0.15) is 0 Å². The Morgan fingerprint density at radius 2 is 2.00 bits per heavy atom. The molecule has 4 nitrogen and oxygen atoms in total. The number of carbonyl (C=O) groups excluding carboxylic acids is 2. The monoisotopic (exact) mass is 240 g/mol. The molecule has 0 aliphatic rings. The number of ether oxygens (including phenoxy) is 2. The van der Waals surface area contributed by atoms with Crippen molar-refractivity contribution in [2.75, 3.05) is 13.7 Å². The van der Waals surface area contributed by atoms with Crippen LogP contribution in [0.1, 0.15) is 22.8 Å². The van der Waals surface area contributed by atoms with Crippen LogP contribution in [0.3, 0.4) is 0 Å². The molecule has 0 aliphatic carbocycles. The lowest BCUT2D eigenvalue weighted by Crippen LogP contribution is -2.18. The van der Waals surface area contributed by atoms with Gasteiger partial charge in [0.2, 0.25) is 0 Å². The lowest BCUT2D eigenvalue weighted by Gasteiger charge is -2.10. The minimum atomic E-state index is -1.02. The molecule has 0 amide bonds. The number of hydrogen-bond acceptors (Lipinski definition) is 4. The molecule has 0 atom stereocenters. The summed E-state index contributed by atoms with van der Waals surface area (Å²) in [5.74, 6) is -2.34. The minimum Gasteiger partial charge on any atom is -0.496 e. The molecule has 0 bridgehead atoms. The van der Waals surface area contributed by atoms with Crippen LogP contribution >= 0.6 is 0 Å². The summed E-state index contributed by atoms with van der Waals surface area (Å²) in [4.78, 5) is 23.0. The van der Waals surface area contributed by atoms with Gasteiger partial charge in [0.05, 0.1) is 19.3 Å². The van der Waals surface area contributed by atoms with E-state index in [9.17, 15) is 14.0 Å². The van der Waals surface area contributed by atoms with Gasteiger partial charge in [-0.3, -0.25) is 4.79 Å². The Hall–Kier alpha value is -1.91. The van der Waals surface area contributed by atoms with Crippen LogP contribution in [0.5, 0.6) is 5.75 Å². The Morgan fingerprint density at radius 1 is 1.35 bits per heavy atom. The van der Waals surface area contributed by atoms with E-state index in [4.69, 9.17) is 4.74 Å². The van der Waals surface area contributed by atoms with Crippen molar-refractivity contribution < 1.29 is 23.5 Å². The molecular weight excluding hydrogens is 227 g/mol. The molecule has 1 aromatic carbocycles. The van der Waals surface area contributed by atoms with Gasteiger partial charge in [0, 0.05) is 0 Å². The number of hydrogen-bond donors (Lipinski definition) is 0. The molecule has 1 rings (SSSR count). The lowest BCUT2D eigenvalue weighted by atomic mass is 10.1. The molecule has 0 saturated heterocycles. The molecule has 92 valence electrons. The second-order valence-electron chi connectivity index (χ2n) is 3.35. The van der Waals surface area contributed by atoms with Gasteiger partial charge in [-0.25, -0.2) is 9.18 Å². The average Bonchev–Trinajstić information content (AvgIpc) is 2.27. The Labute approximate surface area is 98.3 Å². The van der Waals surface area contributed by atoms with E-state index in [1.165, 1.54) is 13.2 Å². The quantitative estimate of drug-likeness (QED) is 0.458. The number of rotatable bonds is 4. The first-order chi connectivity index (χ1) is 8.01. The third-order valence-electron chi connectivity index (χ3n) is 2.15. The van der Waals surface area contributed by atoms with Gasteiger partial charge in [0.1, 0.15) is 11.6 Å². The molecular formula is C12H13FO4. The fourth-order valence-electron chi connectivity index (χ4n) is 1.48. The SMILES string of the molecule is CCOC(=O)C(=O)c1cc(F)cc(C)c1OC. The fraction of sp³-hybridized carbons (Fsp3) is 0.333. The predicted molar refractivity (Wildman–Crippen MR) is 58.7 cm³/mol. The molecule has 0 aromatic heterocycles. The van der Waals surface area contributed by atoms with Crippen LogP contribution < -0.4 is 4.74 Å². The molecule has 0 fully saturated rings. The second-order valence-corrected chi connectivity index (χ2v) is 3.35. The first-order valence-corrected chi connectivity index (χ1v) is 5.06. The molecule has 17 heavy (non-hydrogen) atoms. The first-order valence-electron chi connectivity index (χ1n) is 5.06. The van der Waals surface area contributed by atoms with Crippen molar-refractivity contribution in [3.8, 4) is 5.75 Å². The number of methoxy groups -OCH3 is 1. The van der Waals surface area contributed by atoms with Crippen LogP contribution in [0.15, 0.2) is 12.1 Å². The molecule has 0 unspecified atom stereocenters. The van der Waals surface area contributed by atoms with Crippen molar-refractivity contribution in [3.63, 3.8) is 0 Å². The van der Waals surface area contributed by atoms with Gasteiger partial charge in [-0.05, 0) is 31.5 Å². The largest absolute Gasteiger partial charge is 0.496 e. The molecule has 5 heteroatoms. The van der Waals surface area contributed by atoms with Crippen LogP contribution in [0, 0.1) is 12.7 Å². The van der Waals surface area contributed by atoms with E-state index in [-0.39, 0.29) is 17.9 Å². The topological polar surface area (TPSA) is 52.6 Å². The van der Waals surface area contributed by atoms with Gasteiger partial charge in [-0.1, -0.05) is 0 Å². The highest BCUT2D eigenvalue weighted by molar-refractivity contribution is 6.41. The molecule has 1 aromatic rings. The van der Waals surface area contributed by atoms with Crippen LogP contribution in [-0.2, 0) is 9.53 Å². The summed E-state index contributed by atoms with van der Waals surface area (Å²) in [5, 5.41) is 0. The lowest BCUT2D eigenvalue weighted by molar-refractivity contribution is -0.137. The predicted octanol–water partition coefficient (Wildman–Crippen LogP) is 1.89. The minimum absolute atomic E-state index is 0.0845. The molecule has 0 N–H and O–H groups in total. The van der Waals surface area contributed by atoms with Crippen molar-refractivity contribution in [1.29, 1.82) is 0 Å². The highest BCUT2D eigenvalue weighted by atomic mass is 19.1. The fourth-order valence-corrected chi connectivity index (χ4v) is 1.48. The maximum atomic E-state index is 13.2. The van der Waals surface area contributed by atoms with Gasteiger partial charge >= 0.3 is 5.97 Å². The summed E-state index contributed by atoms with van der Waals surface area (Å²) in [5.41, 5.74) is 0.323. The zero-order valence-corrected chi connectivity index (χ0v) is 9.87. The van der Waals surface area contributed by atoms with Gasteiger partial charge in [0.25, 0.3) is 5.78 Å². The van der Waals surface area contributed by atoms with Crippen LogP contribution in [0.4, 0.5) is 4.39 Å². The first kappa shape index (κ1) is 13.2. The van der Waals surface area contributed by atoms with Crippen molar-refractivity contribution >= 4 is 11.8 Å². The van der Waals surface area contributed by atoms with E-state index >= 15 is 0 Å². The molecule has 0 heterocycles. The van der Waals surface area contributed by atoms with Crippen LogP contribution in [0.2, 0.25) is 0 Å². The number of esters is 1. The number of aryl methyl sites for hydroxylation is 1. The summed E-state index contributed by atoms with van der Waals surface area (Å²) >= 11 is 0. The normalized spacial score (nSPS) is 9.88. The number of carbonyl (C=O) groups is 2. The molecule has 0 spiro atoms. The highest BCUT2D eigenvalue weighted by Gasteiger charge is 2.23. The Balaban J connectivity index is 3.20.